The van der Waals surface area contributed by atoms with Crippen molar-refractivity contribution < 1.29 is 4.74 Å². The molecule has 0 saturated carbocycles. The van der Waals surface area contributed by atoms with Gasteiger partial charge in [-0.25, -0.2) is 0 Å². The average molecular weight is 425 g/mol. The van der Waals surface area contributed by atoms with E-state index in [4.69, 9.17) is 4.74 Å². The molecule has 0 radical (unpaired) electrons. The van der Waals surface area contributed by atoms with Gasteiger partial charge in [-0.3, -0.25) is 4.90 Å². The molecule has 0 aromatic heterocycles. The monoisotopic (exact) mass is 424 g/mol. The zero-order valence-electron chi connectivity index (χ0n) is 17.3. The Morgan fingerprint density at radius 1 is 0.786 bits per heavy atom. The van der Waals surface area contributed by atoms with Crippen LogP contribution in [-0.2, 0) is 5.41 Å². The molecule has 0 aliphatic carbocycles. The number of hydrogen-bond acceptors (Lipinski definition) is 3. The Kier molecular flexibility index (Phi) is 10.3. The van der Waals surface area contributed by atoms with Crippen LogP contribution in [0.1, 0.15) is 31.9 Å². The highest BCUT2D eigenvalue weighted by Gasteiger charge is 2.22. The molecule has 3 rings (SSSR count). The van der Waals surface area contributed by atoms with Gasteiger partial charge < -0.3 is 9.64 Å². The first-order valence-electron chi connectivity index (χ1n) is 9.83. The Morgan fingerprint density at radius 3 is 1.89 bits per heavy atom. The summed E-state index contributed by atoms with van der Waals surface area (Å²) in [5.74, 6) is 0.963. The molecule has 0 N–H and O–H groups in total. The van der Waals surface area contributed by atoms with E-state index in [0.717, 1.165) is 38.5 Å². The van der Waals surface area contributed by atoms with Crippen LogP contribution in [-0.4, -0.2) is 55.7 Å². The molecule has 1 heterocycles. The first-order chi connectivity index (χ1) is 12.6. The summed E-state index contributed by atoms with van der Waals surface area (Å²) >= 11 is 0. The molecule has 2 aromatic carbocycles. The second-order valence-electron chi connectivity index (χ2n) is 7.64. The zero-order valence-corrected chi connectivity index (χ0v) is 18.9. The average Bonchev–Trinajstić information content (AvgIpc) is 2.69. The number of likely N-dealkylation sites (N-methyl/N-ethyl adjacent to an activating group) is 1. The highest BCUT2D eigenvalue weighted by molar-refractivity contribution is 5.85. The summed E-state index contributed by atoms with van der Waals surface area (Å²) in [7, 11) is 0. The minimum absolute atomic E-state index is 0. The summed E-state index contributed by atoms with van der Waals surface area (Å²) < 4.78 is 5.98. The molecule has 0 bridgehead atoms. The smallest absolute Gasteiger partial charge is 0.119 e. The molecular weight excluding hydrogens is 391 g/mol. The summed E-state index contributed by atoms with van der Waals surface area (Å²) in [6.45, 7) is 14.4. The van der Waals surface area contributed by atoms with Crippen LogP contribution in [0.3, 0.4) is 0 Å². The Hall–Kier alpha value is -1.26. The maximum absolute atomic E-state index is 5.98. The molecular formula is C23H34Cl2N2O. The van der Waals surface area contributed by atoms with Crippen molar-refractivity contribution in [2.75, 3.05) is 45.9 Å². The summed E-state index contributed by atoms with van der Waals surface area (Å²) in [5.41, 5.74) is 2.64. The van der Waals surface area contributed by atoms with Gasteiger partial charge in [-0.05, 0) is 29.8 Å². The third-order valence-corrected chi connectivity index (χ3v) is 5.66. The van der Waals surface area contributed by atoms with Gasteiger partial charge in [0.05, 0.1) is 0 Å². The molecule has 0 amide bonds. The molecule has 3 nitrogen and oxygen atoms in total. The van der Waals surface area contributed by atoms with E-state index >= 15 is 0 Å². The van der Waals surface area contributed by atoms with Crippen LogP contribution in [0.15, 0.2) is 54.6 Å². The summed E-state index contributed by atoms with van der Waals surface area (Å²) in [6, 6.07) is 19.3. The molecule has 156 valence electrons. The second-order valence-corrected chi connectivity index (χ2v) is 7.64. The van der Waals surface area contributed by atoms with Crippen molar-refractivity contribution in [3.05, 3.63) is 65.7 Å². The van der Waals surface area contributed by atoms with Gasteiger partial charge in [-0.15, -0.1) is 24.8 Å². The maximum atomic E-state index is 5.98. The predicted molar refractivity (Wildman–Crippen MR) is 124 cm³/mol. The number of piperazine rings is 1. The molecule has 0 spiro atoms. The lowest BCUT2D eigenvalue weighted by molar-refractivity contribution is 0.121. The van der Waals surface area contributed by atoms with Crippen molar-refractivity contribution in [3.63, 3.8) is 0 Å². The van der Waals surface area contributed by atoms with E-state index in [0.29, 0.717) is 0 Å². The SMILES string of the molecule is CCN1CCN(CCOc2ccc(C(C)(C)c3ccccc3)cc2)CC1.Cl.Cl. The fraction of sp³-hybridized carbons (Fsp3) is 0.478. The lowest BCUT2D eigenvalue weighted by Crippen LogP contribution is -2.47. The van der Waals surface area contributed by atoms with Crippen LogP contribution in [0.5, 0.6) is 5.75 Å². The van der Waals surface area contributed by atoms with Crippen molar-refractivity contribution in [2.45, 2.75) is 26.2 Å². The fourth-order valence-electron chi connectivity index (χ4n) is 3.61. The molecule has 1 aliphatic heterocycles. The molecule has 0 unspecified atom stereocenters. The molecule has 28 heavy (non-hydrogen) atoms. The molecule has 1 saturated heterocycles. The van der Waals surface area contributed by atoms with Crippen molar-refractivity contribution >= 4 is 24.8 Å². The lowest BCUT2D eigenvalue weighted by Gasteiger charge is -2.33. The second kappa shape index (κ2) is 11.7. The van der Waals surface area contributed by atoms with Gasteiger partial charge in [-0.2, -0.15) is 0 Å². The standard InChI is InChI=1S/C23H32N2O.2ClH/c1-4-24-14-16-25(17-15-24)18-19-26-22-12-10-21(11-13-22)23(2,3)20-8-6-5-7-9-20;;/h5-13H,4,14-19H2,1-3H3;2*1H. The maximum Gasteiger partial charge on any atom is 0.119 e. The molecule has 1 fully saturated rings. The topological polar surface area (TPSA) is 15.7 Å². The Bertz CT molecular complexity index is 669. The molecule has 1 aliphatic rings. The van der Waals surface area contributed by atoms with Gasteiger partial charge in [0.1, 0.15) is 12.4 Å². The van der Waals surface area contributed by atoms with Crippen molar-refractivity contribution in [1.29, 1.82) is 0 Å². The van der Waals surface area contributed by atoms with Crippen LogP contribution in [0.4, 0.5) is 0 Å². The number of rotatable bonds is 7. The first kappa shape index (κ1) is 24.8. The van der Waals surface area contributed by atoms with E-state index in [1.807, 2.05) is 0 Å². The van der Waals surface area contributed by atoms with E-state index in [1.165, 1.54) is 24.2 Å². The van der Waals surface area contributed by atoms with E-state index in [1.54, 1.807) is 0 Å². The van der Waals surface area contributed by atoms with Gasteiger partial charge in [0, 0.05) is 38.1 Å². The van der Waals surface area contributed by atoms with Crippen molar-refractivity contribution in [1.82, 2.24) is 9.80 Å². The number of halogens is 2. The fourth-order valence-corrected chi connectivity index (χ4v) is 3.61. The van der Waals surface area contributed by atoms with Crippen LogP contribution in [0.25, 0.3) is 0 Å². The minimum Gasteiger partial charge on any atom is -0.492 e. The van der Waals surface area contributed by atoms with Crippen LogP contribution in [0.2, 0.25) is 0 Å². The summed E-state index contributed by atoms with van der Waals surface area (Å²) in [6.07, 6.45) is 0. The number of benzene rings is 2. The number of nitrogens with zero attached hydrogens (tertiary/aromatic N) is 2. The largest absolute Gasteiger partial charge is 0.492 e. The Balaban J connectivity index is 0.00000196. The van der Waals surface area contributed by atoms with Gasteiger partial charge in [0.15, 0.2) is 0 Å². The molecule has 2 aromatic rings. The quantitative estimate of drug-likeness (QED) is 0.629. The minimum atomic E-state index is -0.00125. The number of hydrogen-bond donors (Lipinski definition) is 0. The highest BCUT2D eigenvalue weighted by Crippen LogP contribution is 2.32. The highest BCUT2D eigenvalue weighted by atomic mass is 35.5. The van der Waals surface area contributed by atoms with E-state index in [2.05, 4.69) is 85.2 Å². The third kappa shape index (κ3) is 6.38. The zero-order chi connectivity index (χ0) is 18.4. The lowest BCUT2D eigenvalue weighted by atomic mass is 9.78. The van der Waals surface area contributed by atoms with E-state index in [9.17, 15) is 0 Å². The Morgan fingerprint density at radius 2 is 1.32 bits per heavy atom. The van der Waals surface area contributed by atoms with Crippen LogP contribution < -0.4 is 4.74 Å². The summed E-state index contributed by atoms with van der Waals surface area (Å²) in [4.78, 5) is 5.00. The Labute approximate surface area is 182 Å². The van der Waals surface area contributed by atoms with E-state index in [-0.39, 0.29) is 30.2 Å². The summed E-state index contributed by atoms with van der Waals surface area (Å²) in [5, 5.41) is 0. The predicted octanol–water partition coefficient (Wildman–Crippen LogP) is 4.87. The van der Waals surface area contributed by atoms with Gasteiger partial charge in [0.25, 0.3) is 0 Å². The normalized spacial score (nSPS) is 15.4. The number of ether oxygens (including phenoxy) is 1. The molecule has 5 heteroatoms. The third-order valence-electron chi connectivity index (χ3n) is 5.66. The van der Waals surface area contributed by atoms with Crippen molar-refractivity contribution in [3.8, 4) is 5.75 Å². The van der Waals surface area contributed by atoms with Gasteiger partial charge in [0.2, 0.25) is 0 Å². The first-order valence-corrected chi connectivity index (χ1v) is 9.83. The molecule has 0 atom stereocenters. The van der Waals surface area contributed by atoms with Crippen LogP contribution >= 0.6 is 24.8 Å². The van der Waals surface area contributed by atoms with Gasteiger partial charge in [-0.1, -0.05) is 63.2 Å². The van der Waals surface area contributed by atoms with Gasteiger partial charge >= 0.3 is 0 Å². The van der Waals surface area contributed by atoms with E-state index < -0.39 is 0 Å². The van der Waals surface area contributed by atoms with Crippen molar-refractivity contribution in [2.24, 2.45) is 0 Å². The van der Waals surface area contributed by atoms with Crippen LogP contribution in [0, 0.1) is 0 Å².